The molecule has 0 bridgehead atoms. The third-order valence-electron chi connectivity index (χ3n) is 3.22. The summed E-state index contributed by atoms with van der Waals surface area (Å²) >= 11 is 0. The van der Waals surface area contributed by atoms with Gasteiger partial charge in [0.25, 0.3) is 0 Å². The Hall–Kier alpha value is -2.23. The van der Waals surface area contributed by atoms with E-state index in [0.29, 0.717) is 0 Å². The highest BCUT2D eigenvalue weighted by Gasteiger charge is 2.14. The second kappa shape index (κ2) is 5.18. The number of phenolic OH excluding ortho intramolecular Hbond substituents is 1. The Morgan fingerprint density at radius 2 is 1.79 bits per heavy atom. The first kappa shape index (κ1) is 11.8. The summed E-state index contributed by atoms with van der Waals surface area (Å²) in [5, 5.41) is 9.19. The molecule has 1 aliphatic heterocycles. The van der Waals surface area contributed by atoms with Gasteiger partial charge in [-0.05, 0) is 43.2 Å². The van der Waals surface area contributed by atoms with E-state index in [9.17, 15) is 5.11 Å². The number of hydrogen-bond donors (Lipinski definition) is 1. The van der Waals surface area contributed by atoms with E-state index < -0.39 is 0 Å². The van der Waals surface area contributed by atoms with Crippen molar-refractivity contribution in [2.24, 2.45) is 4.99 Å². The number of aliphatic imine (C=N–C) groups is 1. The van der Waals surface area contributed by atoms with Crippen LogP contribution < -0.4 is 4.90 Å². The molecule has 1 N–H and O–H groups in total. The van der Waals surface area contributed by atoms with Gasteiger partial charge in [-0.1, -0.05) is 0 Å². The molecular weight excluding hydrogens is 240 g/mol. The number of rotatable bonds is 3. The van der Waals surface area contributed by atoms with Gasteiger partial charge < -0.3 is 14.4 Å². The van der Waals surface area contributed by atoms with E-state index in [1.807, 2.05) is 12.1 Å². The van der Waals surface area contributed by atoms with E-state index in [2.05, 4.69) is 9.89 Å². The molecule has 0 radical (unpaired) electrons. The van der Waals surface area contributed by atoms with E-state index in [4.69, 9.17) is 4.42 Å². The van der Waals surface area contributed by atoms with Crippen molar-refractivity contribution >= 4 is 17.8 Å². The van der Waals surface area contributed by atoms with Crippen LogP contribution in [0.4, 0.5) is 11.6 Å². The Bertz CT molecular complexity index is 566. The molecule has 1 aliphatic rings. The number of benzene rings is 1. The maximum Gasteiger partial charge on any atom is 0.196 e. The molecule has 0 amide bonds. The third-order valence-corrected chi connectivity index (χ3v) is 3.22. The SMILES string of the molecule is Oc1ccc(N=Cc2ccc(N3CCCC3)o2)cc1. The van der Waals surface area contributed by atoms with Gasteiger partial charge in [0, 0.05) is 19.2 Å². The van der Waals surface area contributed by atoms with Crippen LogP contribution in [0.15, 0.2) is 45.8 Å². The van der Waals surface area contributed by atoms with Crippen molar-refractivity contribution in [2.45, 2.75) is 12.8 Å². The van der Waals surface area contributed by atoms with Crippen molar-refractivity contribution in [3.05, 3.63) is 42.2 Å². The molecule has 0 saturated carbocycles. The van der Waals surface area contributed by atoms with E-state index in [1.165, 1.54) is 12.8 Å². The van der Waals surface area contributed by atoms with E-state index in [1.54, 1.807) is 30.5 Å². The van der Waals surface area contributed by atoms with Crippen molar-refractivity contribution < 1.29 is 9.52 Å². The van der Waals surface area contributed by atoms with Crippen LogP contribution in [0.5, 0.6) is 5.75 Å². The molecule has 0 unspecified atom stereocenters. The number of anilines is 1. The highest BCUT2D eigenvalue weighted by molar-refractivity contribution is 5.79. The molecule has 98 valence electrons. The summed E-state index contributed by atoms with van der Waals surface area (Å²) in [7, 11) is 0. The fourth-order valence-electron chi connectivity index (χ4n) is 2.20. The average molecular weight is 256 g/mol. The van der Waals surface area contributed by atoms with Gasteiger partial charge in [0.1, 0.15) is 11.5 Å². The zero-order valence-corrected chi connectivity index (χ0v) is 10.6. The lowest BCUT2D eigenvalue weighted by Crippen LogP contribution is -2.16. The first-order valence-electron chi connectivity index (χ1n) is 6.49. The Morgan fingerprint density at radius 1 is 1.05 bits per heavy atom. The van der Waals surface area contributed by atoms with Crippen LogP contribution in [0.3, 0.4) is 0 Å². The topological polar surface area (TPSA) is 49.0 Å². The van der Waals surface area contributed by atoms with Gasteiger partial charge in [0.2, 0.25) is 0 Å². The van der Waals surface area contributed by atoms with E-state index in [-0.39, 0.29) is 5.75 Å². The van der Waals surface area contributed by atoms with Crippen LogP contribution in [0.2, 0.25) is 0 Å². The molecule has 0 spiro atoms. The summed E-state index contributed by atoms with van der Waals surface area (Å²) in [6.45, 7) is 2.14. The standard InChI is InChI=1S/C15H16N2O2/c18-13-5-3-12(4-6-13)16-11-14-7-8-15(19-14)17-9-1-2-10-17/h3-8,11,18H,1-2,9-10H2. The molecule has 19 heavy (non-hydrogen) atoms. The molecule has 3 rings (SSSR count). The lowest BCUT2D eigenvalue weighted by molar-refractivity contribution is 0.475. The fourth-order valence-corrected chi connectivity index (χ4v) is 2.20. The highest BCUT2D eigenvalue weighted by Crippen LogP contribution is 2.22. The number of nitrogens with zero attached hydrogens (tertiary/aromatic N) is 2. The van der Waals surface area contributed by atoms with Gasteiger partial charge in [-0.3, -0.25) is 4.99 Å². The minimum atomic E-state index is 0.244. The molecule has 1 aromatic heterocycles. The second-order valence-corrected chi connectivity index (χ2v) is 4.64. The minimum absolute atomic E-state index is 0.244. The maximum absolute atomic E-state index is 9.19. The normalized spacial score (nSPS) is 15.5. The predicted molar refractivity (Wildman–Crippen MR) is 75.5 cm³/mol. The largest absolute Gasteiger partial charge is 0.508 e. The zero-order chi connectivity index (χ0) is 13.1. The second-order valence-electron chi connectivity index (χ2n) is 4.64. The summed E-state index contributed by atoms with van der Waals surface area (Å²) in [6.07, 6.45) is 4.17. The highest BCUT2D eigenvalue weighted by atomic mass is 16.4. The monoisotopic (exact) mass is 256 g/mol. The van der Waals surface area contributed by atoms with Crippen LogP contribution >= 0.6 is 0 Å². The van der Waals surface area contributed by atoms with Gasteiger partial charge in [0.05, 0.1) is 11.9 Å². The van der Waals surface area contributed by atoms with Crippen LogP contribution in [0.1, 0.15) is 18.6 Å². The number of aromatic hydroxyl groups is 1. The Kier molecular flexibility index (Phi) is 3.23. The summed E-state index contributed by atoms with van der Waals surface area (Å²) < 4.78 is 5.74. The molecule has 0 aliphatic carbocycles. The number of phenols is 1. The van der Waals surface area contributed by atoms with E-state index >= 15 is 0 Å². The molecule has 0 atom stereocenters. The van der Waals surface area contributed by atoms with Crippen molar-refractivity contribution in [1.29, 1.82) is 0 Å². The molecule has 1 saturated heterocycles. The van der Waals surface area contributed by atoms with Gasteiger partial charge in [-0.2, -0.15) is 0 Å². The van der Waals surface area contributed by atoms with Crippen molar-refractivity contribution in [3.63, 3.8) is 0 Å². The maximum atomic E-state index is 9.19. The van der Waals surface area contributed by atoms with Gasteiger partial charge in [0.15, 0.2) is 5.88 Å². The van der Waals surface area contributed by atoms with Crippen LogP contribution in [-0.2, 0) is 0 Å². The van der Waals surface area contributed by atoms with Crippen LogP contribution in [-0.4, -0.2) is 24.4 Å². The molecular formula is C15H16N2O2. The first-order valence-corrected chi connectivity index (χ1v) is 6.49. The Labute approximate surface area is 112 Å². The molecule has 2 aromatic rings. The van der Waals surface area contributed by atoms with Crippen molar-refractivity contribution in [3.8, 4) is 5.75 Å². The van der Waals surface area contributed by atoms with Gasteiger partial charge >= 0.3 is 0 Å². The van der Waals surface area contributed by atoms with Crippen molar-refractivity contribution in [1.82, 2.24) is 0 Å². The van der Waals surface area contributed by atoms with Crippen LogP contribution in [0, 0.1) is 0 Å². The summed E-state index contributed by atoms with van der Waals surface area (Å²) in [5.74, 6) is 1.91. The lowest BCUT2D eigenvalue weighted by Gasteiger charge is -2.12. The van der Waals surface area contributed by atoms with E-state index in [0.717, 1.165) is 30.4 Å². The summed E-state index contributed by atoms with van der Waals surface area (Å²) in [4.78, 5) is 6.56. The lowest BCUT2D eigenvalue weighted by atomic mass is 10.3. The van der Waals surface area contributed by atoms with Crippen molar-refractivity contribution in [2.75, 3.05) is 18.0 Å². The Balaban J connectivity index is 1.71. The predicted octanol–water partition coefficient (Wildman–Crippen LogP) is 3.34. The Morgan fingerprint density at radius 3 is 2.53 bits per heavy atom. The minimum Gasteiger partial charge on any atom is -0.508 e. The molecule has 4 heteroatoms. The third kappa shape index (κ3) is 2.78. The summed E-state index contributed by atoms with van der Waals surface area (Å²) in [6, 6.07) is 10.7. The quantitative estimate of drug-likeness (QED) is 0.857. The van der Waals surface area contributed by atoms with Gasteiger partial charge in [-0.15, -0.1) is 0 Å². The average Bonchev–Trinajstić information content (AvgIpc) is 3.09. The molecule has 2 heterocycles. The molecule has 4 nitrogen and oxygen atoms in total. The zero-order valence-electron chi connectivity index (χ0n) is 10.6. The van der Waals surface area contributed by atoms with Crippen LogP contribution in [0.25, 0.3) is 0 Å². The first-order chi connectivity index (χ1) is 9.31. The fraction of sp³-hybridized carbons (Fsp3) is 0.267. The number of hydrogen-bond acceptors (Lipinski definition) is 4. The molecule has 1 fully saturated rings. The summed E-state index contributed by atoms with van der Waals surface area (Å²) in [5.41, 5.74) is 0.789. The smallest absolute Gasteiger partial charge is 0.196 e. The number of furan rings is 1. The van der Waals surface area contributed by atoms with Gasteiger partial charge in [-0.25, -0.2) is 0 Å². The molecule has 1 aromatic carbocycles.